The number of rotatable bonds is 6. The van der Waals surface area contributed by atoms with Gasteiger partial charge < -0.3 is 14.8 Å². The van der Waals surface area contributed by atoms with Gasteiger partial charge in [0.2, 0.25) is 0 Å². The molecule has 112 valence electrons. The van der Waals surface area contributed by atoms with Crippen molar-refractivity contribution in [2.45, 2.75) is 83.0 Å². The first kappa shape index (κ1) is 15.3. The molecule has 3 heteroatoms. The smallest absolute Gasteiger partial charge is 0.0750 e. The van der Waals surface area contributed by atoms with E-state index in [1.807, 2.05) is 0 Å². The molecule has 1 saturated heterocycles. The first-order valence-electron chi connectivity index (χ1n) is 8.08. The van der Waals surface area contributed by atoms with Gasteiger partial charge in [0.15, 0.2) is 0 Å². The van der Waals surface area contributed by atoms with Gasteiger partial charge >= 0.3 is 0 Å². The van der Waals surface area contributed by atoms with Crippen LogP contribution in [-0.4, -0.2) is 37.0 Å². The van der Waals surface area contributed by atoms with Crippen molar-refractivity contribution in [3.8, 4) is 0 Å². The number of hydrogen-bond donors (Lipinski definition) is 1. The van der Waals surface area contributed by atoms with Crippen molar-refractivity contribution in [3.05, 3.63) is 0 Å². The molecule has 2 fully saturated rings. The van der Waals surface area contributed by atoms with Crippen LogP contribution in [0.5, 0.6) is 0 Å². The van der Waals surface area contributed by atoms with Gasteiger partial charge in [-0.1, -0.05) is 19.3 Å². The van der Waals surface area contributed by atoms with Crippen molar-refractivity contribution in [2.24, 2.45) is 0 Å². The fraction of sp³-hybridized carbons (Fsp3) is 1.00. The zero-order chi connectivity index (χ0) is 13.8. The molecule has 0 aromatic heterocycles. The van der Waals surface area contributed by atoms with Gasteiger partial charge in [0.25, 0.3) is 0 Å². The molecule has 1 heterocycles. The molecular weight excluding hydrogens is 238 g/mol. The van der Waals surface area contributed by atoms with E-state index in [0.29, 0.717) is 6.10 Å². The molecule has 2 rings (SSSR count). The highest BCUT2D eigenvalue weighted by Gasteiger charge is 2.40. The summed E-state index contributed by atoms with van der Waals surface area (Å²) in [6, 6.07) is 0. The van der Waals surface area contributed by atoms with Crippen molar-refractivity contribution < 1.29 is 9.47 Å². The summed E-state index contributed by atoms with van der Waals surface area (Å²) in [5.41, 5.74) is 0.177. The second-order valence-corrected chi connectivity index (χ2v) is 6.85. The summed E-state index contributed by atoms with van der Waals surface area (Å²) in [4.78, 5) is 0. The molecule has 1 atom stereocenters. The van der Waals surface area contributed by atoms with E-state index >= 15 is 0 Å². The number of nitrogens with one attached hydrogen (secondary N) is 1. The van der Waals surface area contributed by atoms with Crippen LogP contribution in [-0.2, 0) is 9.47 Å². The Labute approximate surface area is 118 Å². The van der Waals surface area contributed by atoms with Gasteiger partial charge in [-0.15, -0.1) is 0 Å². The SMILES string of the molecule is CCOC(C)(C)CNCC1CCC2(CCCCC2)O1. The van der Waals surface area contributed by atoms with Gasteiger partial charge in [-0.05, 0) is 46.5 Å². The third kappa shape index (κ3) is 4.44. The van der Waals surface area contributed by atoms with Gasteiger partial charge in [-0.3, -0.25) is 0 Å². The molecule has 2 aliphatic rings. The van der Waals surface area contributed by atoms with Crippen LogP contribution in [0.3, 0.4) is 0 Å². The van der Waals surface area contributed by atoms with E-state index in [9.17, 15) is 0 Å². The Morgan fingerprint density at radius 1 is 1.21 bits per heavy atom. The molecule has 19 heavy (non-hydrogen) atoms. The van der Waals surface area contributed by atoms with Crippen molar-refractivity contribution in [3.63, 3.8) is 0 Å². The molecule has 1 N–H and O–H groups in total. The summed E-state index contributed by atoms with van der Waals surface area (Å²) in [5.74, 6) is 0. The summed E-state index contributed by atoms with van der Waals surface area (Å²) < 4.78 is 12.1. The van der Waals surface area contributed by atoms with Gasteiger partial charge in [-0.25, -0.2) is 0 Å². The standard InChI is InChI=1S/C16H31NO2/c1-4-18-15(2,3)13-17-12-14-8-11-16(19-14)9-6-5-7-10-16/h14,17H,4-13H2,1-3H3. The Balaban J connectivity index is 1.68. The maximum atomic E-state index is 6.36. The lowest BCUT2D eigenvalue weighted by Gasteiger charge is -2.33. The van der Waals surface area contributed by atoms with E-state index < -0.39 is 0 Å². The lowest BCUT2D eigenvalue weighted by Crippen LogP contribution is -2.41. The Morgan fingerprint density at radius 3 is 2.63 bits per heavy atom. The molecule has 1 aliphatic heterocycles. The maximum Gasteiger partial charge on any atom is 0.0750 e. The monoisotopic (exact) mass is 269 g/mol. The van der Waals surface area contributed by atoms with Crippen molar-refractivity contribution in [2.75, 3.05) is 19.7 Å². The Hall–Kier alpha value is -0.120. The van der Waals surface area contributed by atoms with Crippen LogP contribution in [0, 0.1) is 0 Å². The average Bonchev–Trinajstić information content (AvgIpc) is 2.73. The van der Waals surface area contributed by atoms with Gasteiger partial charge in [0.1, 0.15) is 0 Å². The summed E-state index contributed by atoms with van der Waals surface area (Å²) in [6.07, 6.45) is 9.60. The van der Waals surface area contributed by atoms with E-state index in [4.69, 9.17) is 9.47 Å². The van der Waals surface area contributed by atoms with Crippen LogP contribution in [0.1, 0.15) is 65.7 Å². The Morgan fingerprint density at radius 2 is 1.95 bits per heavy atom. The van der Waals surface area contributed by atoms with Crippen molar-refractivity contribution in [1.29, 1.82) is 0 Å². The molecule has 0 radical (unpaired) electrons. The zero-order valence-corrected chi connectivity index (χ0v) is 13.0. The van der Waals surface area contributed by atoms with E-state index in [1.54, 1.807) is 0 Å². The van der Waals surface area contributed by atoms with Crippen LogP contribution < -0.4 is 5.32 Å². The first-order chi connectivity index (χ1) is 9.05. The molecule has 0 aromatic carbocycles. The number of hydrogen-bond acceptors (Lipinski definition) is 3. The predicted octanol–water partition coefficient (Wildman–Crippen LogP) is 3.27. The predicted molar refractivity (Wildman–Crippen MR) is 78.5 cm³/mol. The maximum absolute atomic E-state index is 6.36. The van der Waals surface area contributed by atoms with Crippen LogP contribution in [0.4, 0.5) is 0 Å². The van der Waals surface area contributed by atoms with Crippen LogP contribution in [0.15, 0.2) is 0 Å². The first-order valence-corrected chi connectivity index (χ1v) is 8.08. The fourth-order valence-corrected chi connectivity index (χ4v) is 3.58. The van der Waals surface area contributed by atoms with Crippen LogP contribution >= 0.6 is 0 Å². The molecule has 1 aliphatic carbocycles. The van der Waals surface area contributed by atoms with Gasteiger partial charge in [0.05, 0.1) is 17.3 Å². The van der Waals surface area contributed by atoms with E-state index in [-0.39, 0.29) is 11.2 Å². The minimum Gasteiger partial charge on any atom is -0.375 e. The largest absolute Gasteiger partial charge is 0.375 e. The summed E-state index contributed by atoms with van der Waals surface area (Å²) >= 11 is 0. The Bertz CT molecular complexity index is 272. The lowest BCUT2D eigenvalue weighted by atomic mass is 9.83. The molecule has 3 nitrogen and oxygen atoms in total. The van der Waals surface area contributed by atoms with Gasteiger partial charge in [-0.2, -0.15) is 0 Å². The lowest BCUT2D eigenvalue weighted by molar-refractivity contribution is -0.0647. The molecule has 1 unspecified atom stereocenters. The topological polar surface area (TPSA) is 30.5 Å². The minimum absolute atomic E-state index is 0.0735. The van der Waals surface area contributed by atoms with E-state index in [1.165, 1.54) is 44.9 Å². The van der Waals surface area contributed by atoms with E-state index in [0.717, 1.165) is 19.7 Å². The molecule has 1 saturated carbocycles. The Kier molecular flexibility index (Phi) is 5.27. The second kappa shape index (κ2) is 6.55. The average molecular weight is 269 g/mol. The summed E-state index contributed by atoms with van der Waals surface area (Å²) in [5, 5.41) is 3.52. The third-order valence-corrected chi connectivity index (χ3v) is 4.56. The second-order valence-electron chi connectivity index (χ2n) is 6.85. The van der Waals surface area contributed by atoms with Crippen molar-refractivity contribution in [1.82, 2.24) is 5.32 Å². The summed E-state index contributed by atoms with van der Waals surface area (Å²) in [7, 11) is 0. The molecule has 0 bridgehead atoms. The molecular formula is C16H31NO2. The highest BCUT2D eigenvalue weighted by molar-refractivity contribution is 4.92. The minimum atomic E-state index is -0.0735. The van der Waals surface area contributed by atoms with Crippen LogP contribution in [0.25, 0.3) is 0 Å². The highest BCUT2D eigenvalue weighted by atomic mass is 16.5. The van der Waals surface area contributed by atoms with Crippen molar-refractivity contribution >= 4 is 0 Å². The number of ether oxygens (including phenoxy) is 2. The van der Waals surface area contributed by atoms with Crippen LogP contribution in [0.2, 0.25) is 0 Å². The fourth-order valence-electron chi connectivity index (χ4n) is 3.58. The quantitative estimate of drug-likeness (QED) is 0.803. The molecule has 0 amide bonds. The molecule has 1 spiro atoms. The normalized spacial score (nSPS) is 27.0. The third-order valence-electron chi connectivity index (χ3n) is 4.56. The summed E-state index contributed by atoms with van der Waals surface area (Å²) in [6.45, 7) is 8.97. The highest BCUT2D eigenvalue weighted by Crippen LogP contribution is 2.41. The van der Waals surface area contributed by atoms with E-state index in [2.05, 4.69) is 26.1 Å². The molecule has 0 aromatic rings. The zero-order valence-electron chi connectivity index (χ0n) is 13.0. The van der Waals surface area contributed by atoms with Gasteiger partial charge in [0, 0.05) is 19.7 Å².